The number of ether oxygens (including phenoxy) is 1. The SMILES string of the molecule is CCCc1ccc(-c2ccc(-c3ccc(C4CO4)c(F)c3F)cc2)cc1. The smallest absolute Gasteiger partial charge is 0.167 e. The van der Waals surface area contributed by atoms with Crippen LogP contribution in [0.25, 0.3) is 22.3 Å². The zero-order chi connectivity index (χ0) is 18.1. The molecule has 0 saturated carbocycles. The average Bonchev–Trinajstić information content (AvgIpc) is 3.50. The normalized spacial score (nSPS) is 15.9. The van der Waals surface area contributed by atoms with Gasteiger partial charge in [-0.25, -0.2) is 8.78 Å². The summed E-state index contributed by atoms with van der Waals surface area (Å²) in [6.45, 7) is 2.63. The first-order valence-electron chi connectivity index (χ1n) is 8.96. The Hall–Kier alpha value is -2.52. The van der Waals surface area contributed by atoms with Crippen LogP contribution in [0, 0.1) is 11.6 Å². The van der Waals surface area contributed by atoms with E-state index in [0.29, 0.717) is 17.7 Å². The third-order valence-corrected chi connectivity index (χ3v) is 4.81. The van der Waals surface area contributed by atoms with E-state index < -0.39 is 11.6 Å². The highest BCUT2D eigenvalue weighted by molar-refractivity contribution is 5.71. The van der Waals surface area contributed by atoms with Crippen molar-refractivity contribution in [2.75, 3.05) is 6.61 Å². The minimum Gasteiger partial charge on any atom is -0.368 e. The van der Waals surface area contributed by atoms with E-state index in [9.17, 15) is 8.78 Å². The minimum atomic E-state index is -0.810. The Morgan fingerprint density at radius 2 is 1.38 bits per heavy atom. The van der Waals surface area contributed by atoms with Crippen LogP contribution in [-0.4, -0.2) is 6.61 Å². The fourth-order valence-corrected chi connectivity index (χ4v) is 3.26. The molecule has 1 atom stereocenters. The van der Waals surface area contributed by atoms with E-state index >= 15 is 0 Å². The molecule has 3 aromatic carbocycles. The van der Waals surface area contributed by atoms with Crippen LogP contribution in [0.3, 0.4) is 0 Å². The number of halogens is 2. The third-order valence-electron chi connectivity index (χ3n) is 4.81. The van der Waals surface area contributed by atoms with E-state index in [1.165, 1.54) is 5.56 Å². The van der Waals surface area contributed by atoms with Crippen molar-refractivity contribution in [2.24, 2.45) is 0 Å². The molecule has 0 bridgehead atoms. The molecule has 1 unspecified atom stereocenters. The minimum absolute atomic E-state index is 0.275. The van der Waals surface area contributed by atoms with Crippen LogP contribution in [-0.2, 0) is 11.2 Å². The van der Waals surface area contributed by atoms with Crippen molar-refractivity contribution in [1.82, 2.24) is 0 Å². The Morgan fingerprint density at radius 1 is 0.808 bits per heavy atom. The van der Waals surface area contributed by atoms with Crippen LogP contribution in [0.2, 0.25) is 0 Å². The Balaban J connectivity index is 1.60. The molecular formula is C23H20F2O. The zero-order valence-corrected chi connectivity index (χ0v) is 14.6. The Labute approximate surface area is 152 Å². The Kier molecular flexibility index (Phi) is 4.56. The first kappa shape index (κ1) is 16.9. The van der Waals surface area contributed by atoms with Crippen LogP contribution < -0.4 is 0 Å². The van der Waals surface area contributed by atoms with Gasteiger partial charge in [0, 0.05) is 11.1 Å². The molecule has 3 heteroatoms. The molecule has 26 heavy (non-hydrogen) atoms. The van der Waals surface area contributed by atoms with Gasteiger partial charge in [0.05, 0.1) is 6.61 Å². The maximum absolute atomic E-state index is 14.4. The number of hydrogen-bond donors (Lipinski definition) is 0. The predicted molar refractivity (Wildman–Crippen MR) is 99.9 cm³/mol. The first-order valence-corrected chi connectivity index (χ1v) is 8.96. The van der Waals surface area contributed by atoms with E-state index in [1.807, 2.05) is 24.3 Å². The molecule has 1 aliphatic heterocycles. The highest BCUT2D eigenvalue weighted by Crippen LogP contribution is 2.36. The van der Waals surface area contributed by atoms with Crippen LogP contribution >= 0.6 is 0 Å². The number of hydrogen-bond acceptors (Lipinski definition) is 1. The van der Waals surface area contributed by atoms with Gasteiger partial charge in [-0.15, -0.1) is 0 Å². The van der Waals surface area contributed by atoms with Crippen molar-refractivity contribution < 1.29 is 13.5 Å². The average molecular weight is 350 g/mol. The van der Waals surface area contributed by atoms with Gasteiger partial charge in [0.2, 0.25) is 0 Å². The second-order valence-electron chi connectivity index (χ2n) is 6.68. The largest absolute Gasteiger partial charge is 0.368 e. The molecule has 0 radical (unpaired) electrons. The summed E-state index contributed by atoms with van der Waals surface area (Å²) in [6, 6.07) is 19.3. The molecule has 0 aromatic heterocycles. The monoisotopic (exact) mass is 350 g/mol. The lowest BCUT2D eigenvalue weighted by molar-refractivity contribution is 0.401. The van der Waals surface area contributed by atoms with Crippen LogP contribution in [0.1, 0.15) is 30.6 Å². The highest BCUT2D eigenvalue weighted by Gasteiger charge is 2.30. The van der Waals surface area contributed by atoms with Crippen molar-refractivity contribution >= 4 is 0 Å². The summed E-state index contributed by atoms with van der Waals surface area (Å²) in [5.41, 5.74) is 4.73. The summed E-state index contributed by atoms with van der Waals surface area (Å²) in [4.78, 5) is 0. The number of rotatable bonds is 5. The molecular weight excluding hydrogens is 330 g/mol. The van der Waals surface area contributed by atoms with Crippen molar-refractivity contribution in [3.8, 4) is 22.3 Å². The molecule has 0 N–H and O–H groups in total. The van der Waals surface area contributed by atoms with E-state index in [2.05, 4.69) is 31.2 Å². The van der Waals surface area contributed by atoms with Gasteiger partial charge >= 0.3 is 0 Å². The molecule has 0 aliphatic carbocycles. The number of benzene rings is 3. The molecule has 4 rings (SSSR count). The lowest BCUT2D eigenvalue weighted by Crippen LogP contribution is -1.96. The number of epoxide rings is 1. The van der Waals surface area contributed by atoms with Crippen LogP contribution in [0.4, 0.5) is 8.78 Å². The molecule has 1 saturated heterocycles. The molecule has 1 fully saturated rings. The highest BCUT2D eigenvalue weighted by atomic mass is 19.2. The summed E-state index contributed by atoms with van der Waals surface area (Å²) in [5.74, 6) is -1.62. The van der Waals surface area contributed by atoms with E-state index in [0.717, 1.165) is 24.0 Å². The maximum Gasteiger partial charge on any atom is 0.167 e. The maximum atomic E-state index is 14.4. The van der Waals surface area contributed by atoms with Crippen molar-refractivity contribution in [3.05, 3.63) is 83.4 Å². The first-order chi connectivity index (χ1) is 12.7. The van der Waals surface area contributed by atoms with Crippen molar-refractivity contribution in [3.63, 3.8) is 0 Å². The van der Waals surface area contributed by atoms with Gasteiger partial charge in [0.1, 0.15) is 6.10 Å². The lowest BCUT2D eigenvalue weighted by atomic mass is 9.97. The quantitative estimate of drug-likeness (QED) is 0.490. The second-order valence-corrected chi connectivity index (χ2v) is 6.68. The fraction of sp³-hybridized carbons (Fsp3) is 0.217. The molecule has 0 spiro atoms. The topological polar surface area (TPSA) is 12.5 Å². The van der Waals surface area contributed by atoms with Gasteiger partial charge in [0.25, 0.3) is 0 Å². The Morgan fingerprint density at radius 3 is 1.96 bits per heavy atom. The Bertz CT molecular complexity index is 910. The zero-order valence-electron chi connectivity index (χ0n) is 14.6. The van der Waals surface area contributed by atoms with Gasteiger partial charge in [0.15, 0.2) is 11.6 Å². The van der Waals surface area contributed by atoms with Gasteiger partial charge in [-0.2, -0.15) is 0 Å². The molecule has 3 aromatic rings. The van der Waals surface area contributed by atoms with Crippen LogP contribution in [0.15, 0.2) is 60.7 Å². The molecule has 1 aliphatic rings. The lowest BCUT2D eigenvalue weighted by Gasteiger charge is -2.09. The summed E-state index contributed by atoms with van der Waals surface area (Å²) < 4.78 is 33.7. The molecule has 1 heterocycles. The standard InChI is InChI=1S/C23H20F2O/c1-2-3-15-4-6-16(7-5-15)17-8-10-18(11-9-17)19-12-13-20(21-14-26-21)23(25)22(19)24/h4-13,21H,2-3,14H2,1H3. The predicted octanol–water partition coefficient (Wildman–Crippen LogP) is 6.32. The van der Waals surface area contributed by atoms with Gasteiger partial charge in [-0.05, 0) is 28.7 Å². The van der Waals surface area contributed by atoms with Gasteiger partial charge in [-0.1, -0.05) is 74.0 Å². The van der Waals surface area contributed by atoms with E-state index in [-0.39, 0.29) is 11.7 Å². The van der Waals surface area contributed by atoms with Crippen LogP contribution in [0.5, 0.6) is 0 Å². The second kappa shape index (κ2) is 7.00. The molecule has 132 valence electrons. The number of aryl methyl sites for hydroxylation is 1. The van der Waals surface area contributed by atoms with Crippen molar-refractivity contribution in [2.45, 2.75) is 25.9 Å². The van der Waals surface area contributed by atoms with Gasteiger partial charge in [-0.3, -0.25) is 0 Å². The summed E-state index contributed by atoms with van der Waals surface area (Å²) in [5, 5.41) is 0. The van der Waals surface area contributed by atoms with E-state index in [4.69, 9.17) is 4.74 Å². The molecule has 0 amide bonds. The fourth-order valence-electron chi connectivity index (χ4n) is 3.26. The summed E-state index contributed by atoms with van der Waals surface area (Å²) in [7, 11) is 0. The summed E-state index contributed by atoms with van der Waals surface area (Å²) in [6.07, 6.45) is 1.91. The van der Waals surface area contributed by atoms with Gasteiger partial charge < -0.3 is 4.74 Å². The molecule has 1 nitrogen and oxygen atoms in total. The summed E-state index contributed by atoms with van der Waals surface area (Å²) >= 11 is 0. The van der Waals surface area contributed by atoms with Crippen molar-refractivity contribution in [1.29, 1.82) is 0 Å². The van der Waals surface area contributed by atoms with E-state index in [1.54, 1.807) is 12.1 Å². The third kappa shape index (κ3) is 3.27.